The molecule has 0 amide bonds. The Balaban J connectivity index is 2.54. The summed E-state index contributed by atoms with van der Waals surface area (Å²) < 4.78 is 5.16. The van der Waals surface area contributed by atoms with Crippen LogP contribution in [0.25, 0.3) is 10.9 Å². The van der Waals surface area contributed by atoms with Crippen LogP contribution in [-0.4, -0.2) is 17.6 Å². The fourth-order valence-electron chi connectivity index (χ4n) is 2.20. The van der Waals surface area contributed by atoms with Crippen molar-refractivity contribution < 1.29 is 9.53 Å². The number of H-pyrrole nitrogens is 1. The molecule has 1 aromatic heterocycles. The maximum atomic E-state index is 12.1. The van der Waals surface area contributed by atoms with Crippen LogP contribution in [0, 0.1) is 5.92 Å². The van der Waals surface area contributed by atoms with Crippen LogP contribution in [0.3, 0.4) is 0 Å². The van der Waals surface area contributed by atoms with E-state index in [1.165, 1.54) is 0 Å². The molecule has 0 aliphatic heterocycles. The van der Waals surface area contributed by atoms with Crippen LogP contribution in [0.4, 0.5) is 0 Å². The van der Waals surface area contributed by atoms with Gasteiger partial charge in [0.1, 0.15) is 0 Å². The van der Waals surface area contributed by atoms with Gasteiger partial charge in [-0.15, -0.1) is 0 Å². The number of esters is 1. The van der Waals surface area contributed by atoms with Gasteiger partial charge in [0, 0.05) is 16.6 Å². The molecule has 96 valence electrons. The number of aromatic amines is 1. The molecule has 0 aliphatic rings. The predicted molar refractivity (Wildman–Crippen MR) is 72.8 cm³/mol. The van der Waals surface area contributed by atoms with Crippen LogP contribution in [-0.2, 0) is 11.2 Å². The first kappa shape index (κ1) is 12.7. The zero-order valence-electron chi connectivity index (χ0n) is 11.1. The van der Waals surface area contributed by atoms with Gasteiger partial charge in [0.2, 0.25) is 0 Å². The summed E-state index contributed by atoms with van der Waals surface area (Å²) in [5.74, 6) is 0.261. The number of carbonyl (C=O) groups excluding carboxylic acids is 1. The summed E-state index contributed by atoms with van der Waals surface area (Å²) in [6.45, 7) is 6.51. The quantitative estimate of drug-likeness (QED) is 0.837. The summed E-state index contributed by atoms with van der Waals surface area (Å²) >= 11 is 0. The Hall–Kier alpha value is -1.77. The summed E-state index contributed by atoms with van der Waals surface area (Å²) in [6, 6.07) is 7.86. The average Bonchev–Trinajstić information content (AvgIpc) is 2.66. The normalized spacial score (nSPS) is 11.1. The first-order chi connectivity index (χ1) is 8.63. The van der Waals surface area contributed by atoms with Gasteiger partial charge in [0.05, 0.1) is 12.2 Å². The molecule has 0 fully saturated rings. The van der Waals surface area contributed by atoms with E-state index in [2.05, 4.69) is 18.8 Å². The van der Waals surface area contributed by atoms with Crippen molar-refractivity contribution in [2.45, 2.75) is 27.2 Å². The molecule has 0 saturated carbocycles. The molecule has 1 N–H and O–H groups in total. The smallest absolute Gasteiger partial charge is 0.340 e. The van der Waals surface area contributed by atoms with Crippen LogP contribution in [0.2, 0.25) is 0 Å². The molecule has 0 bridgehead atoms. The third-order valence-corrected chi connectivity index (χ3v) is 2.88. The fraction of sp³-hybridized carbons (Fsp3) is 0.400. The number of para-hydroxylation sites is 1. The zero-order chi connectivity index (χ0) is 13.1. The molecule has 2 aromatic rings. The van der Waals surface area contributed by atoms with E-state index in [0.717, 1.165) is 23.0 Å². The lowest BCUT2D eigenvalue weighted by molar-refractivity contribution is 0.0527. The lowest BCUT2D eigenvalue weighted by Gasteiger charge is -2.06. The van der Waals surface area contributed by atoms with Crippen LogP contribution in [0.15, 0.2) is 24.3 Å². The Morgan fingerprint density at radius 1 is 1.33 bits per heavy atom. The number of benzene rings is 1. The summed E-state index contributed by atoms with van der Waals surface area (Å²) in [5, 5.41) is 0.951. The summed E-state index contributed by atoms with van der Waals surface area (Å²) in [4.78, 5) is 15.4. The first-order valence-electron chi connectivity index (χ1n) is 6.40. The molecule has 3 nitrogen and oxygen atoms in total. The highest BCUT2D eigenvalue weighted by atomic mass is 16.5. The Labute approximate surface area is 107 Å². The highest BCUT2D eigenvalue weighted by Gasteiger charge is 2.19. The molecular weight excluding hydrogens is 226 g/mol. The minimum atomic E-state index is -0.231. The predicted octanol–water partition coefficient (Wildman–Crippen LogP) is 3.54. The molecule has 0 spiro atoms. The highest BCUT2D eigenvalue weighted by Crippen LogP contribution is 2.25. The first-order valence-corrected chi connectivity index (χ1v) is 6.40. The van der Waals surface area contributed by atoms with Gasteiger partial charge in [-0.25, -0.2) is 4.79 Å². The zero-order valence-corrected chi connectivity index (χ0v) is 11.1. The molecular formula is C15H19NO2. The highest BCUT2D eigenvalue weighted by molar-refractivity contribution is 6.05. The van der Waals surface area contributed by atoms with Gasteiger partial charge < -0.3 is 9.72 Å². The van der Waals surface area contributed by atoms with Crippen LogP contribution in [0.1, 0.15) is 36.8 Å². The fourth-order valence-corrected chi connectivity index (χ4v) is 2.20. The van der Waals surface area contributed by atoms with E-state index in [9.17, 15) is 4.79 Å². The summed E-state index contributed by atoms with van der Waals surface area (Å²) in [6.07, 6.45) is 0.850. The van der Waals surface area contributed by atoms with Crippen LogP contribution in [0.5, 0.6) is 0 Å². The van der Waals surface area contributed by atoms with Crippen LogP contribution >= 0.6 is 0 Å². The Bertz CT molecular complexity index is 555. The molecule has 0 aliphatic carbocycles. The molecule has 18 heavy (non-hydrogen) atoms. The number of hydrogen-bond donors (Lipinski definition) is 1. The second-order valence-corrected chi connectivity index (χ2v) is 4.84. The van der Waals surface area contributed by atoms with Gasteiger partial charge in [-0.05, 0) is 25.3 Å². The molecule has 3 heteroatoms. The second-order valence-electron chi connectivity index (χ2n) is 4.84. The Kier molecular flexibility index (Phi) is 3.70. The number of nitrogens with one attached hydrogen (secondary N) is 1. The molecule has 2 rings (SSSR count). The van der Waals surface area contributed by atoms with Gasteiger partial charge in [-0.1, -0.05) is 32.0 Å². The summed E-state index contributed by atoms with van der Waals surface area (Å²) in [7, 11) is 0. The van der Waals surface area contributed by atoms with Crippen molar-refractivity contribution in [3.63, 3.8) is 0 Å². The third-order valence-electron chi connectivity index (χ3n) is 2.88. The van der Waals surface area contributed by atoms with Crippen LogP contribution < -0.4 is 0 Å². The number of ether oxygens (including phenoxy) is 1. The Morgan fingerprint density at radius 3 is 2.72 bits per heavy atom. The standard InChI is InChI=1S/C15H19NO2/c1-4-18-15(17)14-11-7-5-6-8-12(11)16-13(14)9-10(2)3/h5-8,10,16H,4,9H2,1-3H3. The van der Waals surface area contributed by atoms with E-state index in [1.807, 2.05) is 31.2 Å². The molecule has 0 saturated heterocycles. The van der Waals surface area contributed by atoms with Crippen molar-refractivity contribution >= 4 is 16.9 Å². The average molecular weight is 245 g/mol. The number of rotatable bonds is 4. The number of hydrogen-bond acceptors (Lipinski definition) is 2. The lowest BCUT2D eigenvalue weighted by Crippen LogP contribution is -2.08. The van der Waals surface area contributed by atoms with Crippen molar-refractivity contribution in [2.24, 2.45) is 5.92 Å². The van der Waals surface area contributed by atoms with E-state index in [1.54, 1.807) is 0 Å². The van der Waals surface area contributed by atoms with E-state index < -0.39 is 0 Å². The van der Waals surface area contributed by atoms with Gasteiger partial charge in [0.15, 0.2) is 0 Å². The third kappa shape index (κ3) is 2.40. The molecule has 1 heterocycles. The number of aromatic nitrogens is 1. The van der Waals surface area contributed by atoms with Crippen molar-refractivity contribution in [2.75, 3.05) is 6.61 Å². The summed E-state index contributed by atoms with van der Waals surface area (Å²) in [5.41, 5.74) is 2.67. The van der Waals surface area contributed by atoms with Gasteiger partial charge in [0.25, 0.3) is 0 Å². The maximum absolute atomic E-state index is 12.1. The minimum Gasteiger partial charge on any atom is -0.462 e. The van der Waals surface area contributed by atoms with Crippen molar-refractivity contribution in [3.8, 4) is 0 Å². The SMILES string of the molecule is CCOC(=O)c1c(CC(C)C)[nH]c2ccccc12. The molecule has 0 radical (unpaired) electrons. The molecule has 0 atom stereocenters. The minimum absolute atomic E-state index is 0.231. The van der Waals surface area contributed by atoms with Gasteiger partial charge in [-0.2, -0.15) is 0 Å². The van der Waals surface area contributed by atoms with E-state index in [0.29, 0.717) is 18.1 Å². The topological polar surface area (TPSA) is 42.1 Å². The monoisotopic (exact) mass is 245 g/mol. The molecule has 1 aromatic carbocycles. The van der Waals surface area contributed by atoms with Crippen molar-refractivity contribution in [3.05, 3.63) is 35.5 Å². The van der Waals surface area contributed by atoms with Gasteiger partial charge in [-0.3, -0.25) is 0 Å². The van der Waals surface area contributed by atoms with E-state index >= 15 is 0 Å². The molecule has 0 unspecified atom stereocenters. The maximum Gasteiger partial charge on any atom is 0.340 e. The van der Waals surface area contributed by atoms with Crippen molar-refractivity contribution in [1.82, 2.24) is 4.98 Å². The largest absolute Gasteiger partial charge is 0.462 e. The lowest BCUT2D eigenvalue weighted by atomic mass is 10.0. The second kappa shape index (κ2) is 5.25. The van der Waals surface area contributed by atoms with Crippen molar-refractivity contribution in [1.29, 1.82) is 0 Å². The van der Waals surface area contributed by atoms with Gasteiger partial charge >= 0.3 is 5.97 Å². The van der Waals surface area contributed by atoms with E-state index in [4.69, 9.17) is 4.74 Å². The number of fused-ring (bicyclic) bond motifs is 1. The number of carbonyl (C=O) groups is 1. The Morgan fingerprint density at radius 2 is 2.06 bits per heavy atom. The van der Waals surface area contributed by atoms with E-state index in [-0.39, 0.29) is 5.97 Å².